The van der Waals surface area contributed by atoms with E-state index in [2.05, 4.69) is 14.4 Å². The first kappa shape index (κ1) is 23.3. The summed E-state index contributed by atoms with van der Waals surface area (Å²) in [7, 11) is -2.78. The van der Waals surface area contributed by atoms with E-state index in [0.717, 1.165) is 31.5 Å². The van der Waals surface area contributed by atoms with E-state index in [-0.39, 0.29) is 11.5 Å². The van der Waals surface area contributed by atoms with Crippen molar-refractivity contribution in [2.45, 2.75) is 37.2 Å². The Morgan fingerprint density at radius 3 is 2.36 bits per heavy atom. The van der Waals surface area contributed by atoms with E-state index in [1.54, 1.807) is 0 Å². The molecule has 1 heterocycles. The van der Waals surface area contributed by atoms with Gasteiger partial charge in [0.05, 0.1) is 23.3 Å². The highest BCUT2D eigenvalue weighted by Crippen LogP contribution is 2.54. The van der Waals surface area contributed by atoms with Crippen LogP contribution in [0.4, 0.5) is 5.69 Å². The number of benzene rings is 2. The van der Waals surface area contributed by atoms with Crippen molar-refractivity contribution >= 4 is 27.6 Å². The van der Waals surface area contributed by atoms with Gasteiger partial charge in [0.2, 0.25) is 10.0 Å². The van der Waals surface area contributed by atoms with Gasteiger partial charge in [0.1, 0.15) is 13.2 Å². The fourth-order valence-electron chi connectivity index (χ4n) is 4.12. The molecule has 0 bridgehead atoms. The lowest BCUT2D eigenvalue weighted by Crippen LogP contribution is -2.36. The number of nitrogens with one attached hydrogen (secondary N) is 1. The molecule has 1 aliphatic carbocycles. The van der Waals surface area contributed by atoms with Crippen LogP contribution >= 0.6 is 0 Å². The SMILES string of the molecule is COC(=O)CNS(=O)(=O)c1ccc(C(=O)OCc2ccccc2)c(N2CCC3(CC2)CC3)c1. The normalized spacial score (nSPS) is 16.9. The van der Waals surface area contributed by atoms with Gasteiger partial charge in [-0.15, -0.1) is 0 Å². The van der Waals surface area contributed by atoms with Gasteiger partial charge >= 0.3 is 11.9 Å². The summed E-state index contributed by atoms with van der Waals surface area (Å²) in [5.41, 5.74) is 2.15. The Labute approximate surface area is 193 Å². The van der Waals surface area contributed by atoms with Crippen molar-refractivity contribution in [3.63, 3.8) is 0 Å². The number of anilines is 1. The van der Waals surface area contributed by atoms with Crippen LogP contribution in [0.25, 0.3) is 0 Å². The van der Waals surface area contributed by atoms with E-state index in [4.69, 9.17) is 4.74 Å². The van der Waals surface area contributed by atoms with Gasteiger partial charge in [0.15, 0.2) is 0 Å². The van der Waals surface area contributed by atoms with Crippen LogP contribution in [0.1, 0.15) is 41.6 Å². The molecule has 1 aliphatic heterocycles. The predicted molar refractivity (Wildman–Crippen MR) is 122 cm³/mol. The summed E-state index contributed by atoms with van der Waals surface area (Å²) in [5, 5.41) is 0. The third-order valence-corrected chi connectivity index (χ3v) is 7.87. The van der Waals surface area contributed by atoms with Gasteiger partial charge in [-0.2, -0.15) is 4.72 Å². The first-order valence-corrected chi connectivity index (χ1v) is 12.5. The van der Waals surface area contributed by atoms with Crippen molar-refractivity contribution in [2.24, 2.45) is 5.41 Å². The van der Waals surface area contributed by atoms with E-state index in [1.165, 1.54) is 38.2 Å². The maximum atomic E-state index is 13.0. The third kappa shape index (κ3) is 5.54. The van der Waals surface area contributed by atoms with E-state index in [9.17, 15) is 18.0 Å². The van der Waals surface area contributed by atoms with Crippen molar-refractivity contribution in [2.75, 3.05) is 31.6 Å². The standard InChI is InChI=1S/C24H28N2O6S/c1-31-22(27)16-25-33(29,30)19-7-8-20(23(28)32-17-18-5-3-2-4-6-18)21(15-19)26-13-11-24(9-10-24)12-14-26/h2-8,15,25H,9-14,16-17H2,1H3. The number of ether oxygens (including phenoxy) is 2. The fraction of sp³-hybridized carbons (Fsp3) is 0.417. The summed E-state index contributed by atoms with van der Waals surface area (Å²) in [5.74, 6) is -1.20. The van der Waals surface area contributed by atoms with Crippen LogP contribution in [0.2, 0.25) is 0 Å². The minimum absolute atomic E-state index is 0.0206. The van der Waals surface area contributed by atoms with Crippen molar-refractivity contribution in [1.82, 2.24) is 4.72 Å². The van der Waals surface area contributed by atoms with Gasteiger partial charge in [-0.05, 0) is 54.9 Å². The topological polar surface area (TPSA) is 102 Å². The highest BCUT2D eigenvalue weighted by Gasteiger charge is 2.44. The second-order valence-electron chi connectivity index (χ2n) is 8.63. The molecule has 1 spiro atoms. The summed E-state index contributed by atoms with van der Waals surface area (Å²) in [6, 6.07) is 13.7. The lowest BCUT2D eigenvalue weighted by Gasteiger charge is -2.35. The quantitative estimate of drug-likeness (QED) is 0.590. The third-order valence-electron chi connectivity index (χ3n) is 6.47. The molecule has 1 saturated heterocycles. The van der Waals surface area contributed by atoms with Crippen molar-refractivity contribution < 1.29 is 27.5 Å². The number of methoxy groups -OCH3 is 1. The molecule has 2 aromatic carbocycles. The number of hydrogen-bond donors (Lipinski definition) is 1. The van der Waals surface area contributed by atoms with Crippen LogP contribution in [0, 0.1) is 5.41 Å². The summed E-state index contributed by atoms with van der Waals surface area (Å²) < 4.78 is 37.7. The maximum absolute atomic E-state index is 13.0. The molecule has 0 aromatic heterocycles. The van der Waals surface area contributed by atoms with Crippen molar-refractivity contribution in [3.8, 4) is 0 Å². The molecule has 2 aliphatic rings. The number of nitrogens with zero attached hydrogens (tertiary/aromatic N) is 1. The number of rotatable bonds is 8. The van der Waals surface area contributed by atoms with Crippen LogP contribution in [0.5, 0.6) is 0 Å². The molecule has 0 amide bonds. The number of sulfonamides is 1. The number of esters is 2. The molecule has 1 N–H and O–H groups in total. The minimum Gasteiger partial charge on any atom is -0.468 e. The predicted octanol–water partition coefficient (Wildman–Crippen LogP) is 2.88. The van der Waals surface area contributed by atoms with Gasteiger partial charge in [-0.3, -0.25) is 4.79 Å². The molecule has 4 rings (SSSR count). The van der Waals surface area contributed by atoms with Crippen LogP contribution in [-0.2, 0) is 30.9 Å². The lowest BCUT2D eigenvalue weighted by molar-refractivity contribution is -0.139. The Kier molecular flexibility index (Phi) is 6.71. The molecule has 1 saturated carbocycles. The van der Waals surface area contributed by atoms with E-state index < -0.39 is 28.5 Å². The van der Waals surface area contributed by atoms with Gasteiger partial charge < -0.3 is 14.4 Å². The molecular weight excluding hydrogens is 444 g/mol. The van der Waals surface area contributed by atoms with Crippen LogP contribution in [0.15, 0.2) is 53.4 Å². The van der Waals surface area contributed by atoms with Crippen LogP contribution in [-0.4, -0.2) is 47.1 Å². The van der Waals surface area contributed by atoms with Gasteiger partial charge in [0, 0.05) is 13.1 Å². The molecule has 9 heteroatoms. The molecule has 33 heavy (non-hydrogen) atoms. The van der Waals surface area contributed by atoms with E-state index in [0.29, 0.717) is 16.7 Å². The van der Waals surface area contributed by atoms with Crippen LogP contribution < -0.4 is 9.62 Å². The Bertz CT molecular complexity index is 1120. The zero-order valence-corrected chi connectivity index (χ0v) is 19.4. The average Bonchev–Trinajstić information content (AvgIpc) is 3.60. The molecule has 2 aromatic rings. The van der Waals surface area contributed by atoms with E-state index >= 15 is 0 Å². The molecule has 176 valence electrons. The molecule has 0 atom stereocenters. The van der Waals surface area contributed by atoms with Gasteiger partial charge in [0.25, 0.3) is 0 Å². The fourth-order valence-corrected chi connectivity index (χ4v) is 5.11. The lowest BCUT2D eigenvalue weighted by atomic mass is 9.93. The zero-order valence-electron chi connectivity index (χ0n) is 18.6. The molecule has 8 nitrogen and oxygen atoms in total. The van der Waals surface area contributed by atoms with Crippen molar-refractivity contribution in [1.29, 1.82) is 0 Å². The van der Waals surface area contributed by atoms with E-state index in [1.807, 2.05) is 30.3 Å². The number of carbonyl (C=O) groups is 2. The summed E-state index contributed by atoms with van der Waals surface area (Å²) >= 11 is 0. The second kappa shape index (κ2) is 9.52. The first-order valence-electron chi connectivity index (χ1n) is 11.0. The summed E-state index contributed by atoms with van der Waals surface area (Å²) in [6.07, 6.45) is 4.50. The smallest absolute Gasteiger partial charge is 0.340 e. The average molecular weight is 473 g/mol. The molecular formula is C24H28N2O6S. The monoisotopic (exact) mass is 472 g/mol. The van der Waals surface area contributed by atoms with Gasteiger partial charge in [-0.1, -0.05) is 30.3 Å². The zero-order chi connectivity index (χ0) is 23.5. The Balaban J connectivity index is 1.58. The Hall–Kier alpha value is -2.91. The largest absolute Gasteiger partial charge is 0.468 e. The number of piperidine rings is 1. The second-order valence-corrected chi connectivity index (χ2v) is 10.4. The number of carbonyl (C=O) groups excluding carboxylic acids is 2. The number of hydrogen-bond acceptors (Lipinski definition) is 7. The maximum Gasteiger partial charge on any atom is 0.340 e. The highest BCUT2D eigenvalue weighted by atomic mass is 32.2. The molecule has 0 radical (unpaired) electrons. The van der Waals surface area contributed by atoms with Gasteiger partial charge in [-0.25, -0.2) is 13.2 Å². The molecule has 2 fully saturated rings. The minimum atomic E-state index is -3.96. The van der Waals surface area contributed by atoms with Crippen molar-refractivity contribution in [3.05, 3.63) is 59.7 Å². The highest BCUT2D eigenvalue weighted by molar-refractivity contribution is 7.89. The Morgan fingerprint density at radius 2 is 1.73 bits per heavy atom. The Morgan fingerprint density at radius 1 is 1.03 bits per heavy atom. The summed E-state index contributed by atoms with van der Waals surface area (Å²) in [6.45, 7) is 1.15. The van der Waals surface area contributed by atoms with Crippen LogP contribution in [0.3, 0.4) is 0 Å². The summed E-state index contributed by atoms with van der Waals surface area (Å²) in [4.78, 5) is 26.4. The molecule has 0 unspecified atom stereocenters. The first-order chi connectivity index (χ1) is 15.8.